The molecule has 0 radical (unpaired) electrons. The number of aryl methyl sites for hydroxylation is 1. The summed E-state index contributed by atoms with van der Waals surface area (Å²) in [5, 5.41) is 4.59. The van der Waals surface area contributed by atoms with Crippen molar-refractivity contribution in [1.29, 1.82) is 0 Å². The van der Waals surface area contributed by atoms with Gasteiger partial charge in [0.25, 0.3) is 0 Å². The first kappa shape index (κ1) is 24.3. The zero-order chi connectivity index (χ0) is 24.5. The van der Waals surface area contributed by atoms with Crippen LogP contribution in [0.25, 0.3) is 10.8 Å². The fourth-order valence-corrected chi connectivity index (χ4v) is 6.42. The highest BCUT2D eigenvalue weighted by atomic mass is 32.2. The fourth-order valence-electron chi connectivity index (χ4n) is 4.11. The van der Waals surface area contributed by atoms with Gasteiger partial charge >= 0.3 is 0 Å². The Morgan fingerprint density at radius 2 is 1.65 bits per heavy atom. The van der Waals surface area contributed by atoms with E-state index < -0.39 is 26.0 Å². The highest BCUT2D eigenvalue weighted by molar-refractivity contribution is 7.89. The molecule has 0 saturated carbocycles. The van der Waals surface area contributed by atoms with Gasteiger partial charge in [0.1, 0.15) is 0 Å². The minimum Gasteiger partial charge on any atom is -0.326 e. The van der Waals surface area contributed by atoms with E-state index >= 15 is 0 Å². The van der Waals surface area contributed by atoms with Crippen LogP contribution < -0.4 is 10.0 Å². The highest BCUT2D eigenvalue weighted by Gasteiger charge is 2.33. The summed E-state index contributed by atoms with van der Waals surface area (Å²) in [5.74, 6) is -0.881. The number of rotatable bonds is 6. The fraction of sp³-hybridized carbons (Fsp3) is 0.292. The molecule has 8 nitrogen and oxygen atoms in total. The van der Waals surface area contributed by atoms with Gasteiger partial charge in [-0.1, -0.05) is 36.4 Å². The number of nitrogens with zero attached hydrogens (tertiary/aromatic N) is 1. The predicted octanol–water partition coefficient (Wildman–Crippen LogP) is 3.10. The Kier molecular flexibility index (Phi) is 6.77. The van der Waals surface area contributed by atoms with Crippen LogP contribution in [-0.2, 0) is 24.8 Å². The molecule has 1 amide bonds. The van der Waals surface area contributed by atoms with Gasteiger partial charge in [-0.25, -0.2) is 21.6 Å². The van der Waals surface area contributed by atoms with Crippen molar-refractivity contribution in [3.63, 3.8) is 0 Å². The number of hydrogen-bond donors (Lipinski definition) is 2. The molecular weight excluding hydrogens is 474 g/mol. The van der Waals surface area contributed by atoms with E-state index in [-0.39, 0.29) is 22.2 Å². The van der Waals surface area contributed by atoms with E-state index in [1.54, 1.807) is 31.2 Å². The molecule has 1 saturated heterocycles. The van der Waals surface area contributed by atoms with E-state index in [0.717, 1.165) is 10.8 Å². The molecule has 3 aromatic rings. The third-order valence-corrected chi connectivity index (χ3v) is 9.43. The molecule has 0 bridgehead atoms. The Hall–Kier alpha value is -2.79. The van der Waals surface area contributed by atoms with Gasteiger partial charge in [-0.2, -0.15) is 4.31 Å². The van der Waals surface area contributed by atoms with Crippen molar-refractivity contribution in [2.45, 2.75) is 29.6 Å². The van der Waals surface area contributed by atoms with Crippen molar-refractivity contribution in [3.8, 4) is 0 Å². The number of carbonyl (C=O) groups excluding carboxylic acids is 1. The number of amides is 1. The molecule has 10 heteroatoms. The van der Waals surface area contributed by atoms with E-state index in [0.29, 0.717) is 30.6 Å². The van der Waals surface area contributed by atoms with Gasteiger partial charge < -0.3 is 5.32 Å². The number of sulfonamides is 2. The largest absolute Gasteiger partial charge is 0.326 e. The molecule has 1 atom stereocenters. The van der Waals surface area contributed by atoms with Crippen LogP contribution in [0.5, 0.6) is 0 Å². The van der Waals surface area contributed by atoms with Gasteiger partial charge in [-0.3, -0.25) is 4.79 Å². The number of piperidine rings is 1. The molecule has 0 spiro atoms. The molecule has 0 unspecified atom stereocenters. The molecule has 1 aliphatic rings. The molecule has 1 heterocycles. The lowest BCUT2D eigenvalue weighted by molar-refractivity contribution is -0.120. The van der Waals surface area contributed by atoms with Crippen molar-refractivity contribution in [3.05, 3.63) is 66.2 Å². The first-order valence-electron chi connectivity index (χ1n) is 11.0. The summed E-state index contributed by atoms with van der Waals surface area (Å²) in [7, 11) is -6.11. The van der Waals surface area contributed by atoms with Gasteiger partial charge in [0.2, 0.25) is 26.0 Å². The van der Waals surface area contributed by atoms with Crippen LogP contribution in [0.2, 0.25) is 0 Å². The topological polar surface area (TPSA) is 113 Å². The first-order valence-corrected chi connectivity index (χ1v) is 13.9. The summed E-state index contributed by atoms with van der Waals surface area (Å²) in [5.41, 5.74) is 1.09. The number of nitrogens with one attached hydrogen (secondary N) is 2. The third-order valence-electron chi connectivity index (χ3n) is 6.16. The maximum Gasteiger partial charge on any atom is 0.243 e. The number of fused-ring (bicyclic) bond motifs is 1. The van der Waals surface area contributed by atoms with Crippen LogP contribution in [0.4, 0.5) is 5.69 Å². The molecule has 1 aliphatic heterocycles. The standard InChI is InChI=1S/C24H27N3O5S2/c1-17-9-11-21(33(29,30)25-2)15-23(17)26-24(28)20-8-5-13-27(16-20)34(31,32)22-12-10-18-6-3-4-7-19(18)14-22/h3-4,6-7,9-12,14-15,20,25H,5,8,13,16H2,1-2H3,(H,26,28)/t20-/m1/s1. The number of hydrogen-bond acceptors (Lipinski definition) is 5. The normalized spacial score (nSPS) is 17.5. The summed E-state index contributed by atoms with van der Waals surface area (Å²) in [6.07, 6.45) is 1.10. The summed E-state index contributed by atoms with van der Waals surface area (Å²) in [4.78, 5) is 13.3. The Labute approximate surface area is 200 Å². The Bertz CT molecular complexity index is 1450. The Morgan fingerprint density at radius 3 is 2.38 bits per heavy atom. The van der Waals surface area contributed by atoms with E-state index in [9.17, 15) is 21.6 Å². The number of anilines is 1. The average Bonchev–Trinajstić information content (AvgIpc) is 2.85. The van der Waals surface area contributed by atoms with Gasteiger partial charge in [0, 0.05) is 18.8 Å². The van der Waals surface area contributed by atoms with Crippen LogP contribution in [0, 0.1) is 12.8 Å². The minimum atomic E-state index is -3.76. The molecule has 3 aromatic carbocycles. The van der Waals surface area contributed by atoms with Gasteiger partial charge in [-0.05, 0) is 67.4 Å². The first-order chi connectivity index (χ1) is 16.1. The van der Waals surface area contributed by atoms with Gasteiger partial charge in [-0.15, -0.1) is 0 Å². The predicted molar refractivity (Wildman–Crippen MR) is 131 cm³/mol. The summed E-state index contributed by atoms with van der Waals surface area (Å²) in [6, 6.07) is 17.1. The molecule has 1 fully saturated rings. The second kappa shape index (κ2) is 9.46. The summed E-state index contributed by atoms with van der Waals surface area (Å²) >= 11 is 0. The molecule has 34 heavy (non-hydrogen) atoms. The van der Waals surface area contributed by atoms with Gasteiger partial charge in [0.05, 0.1) is 15.7 Å². The second-order valence-electron chi connectivity index (χ2n) is 8.38. The Morgan fingerprint density at radius 1 is 0.941 bits per heavy atom. The summed E-state index contributed by atoms with van der Waals surface area (Å²) < 4.78 is 54.5. The van der Waals surface area contributed by atoms with E-state index in [1.807, 2.05) is 24.3 Å². The van der Waals surface area contributed by atoms with Crippen LogP contribution in [0.15, 0.2) is 70.5 Å². The van der Waals surface area contributed by atoms with E-state index in [4.69, 9.17) is 0 Å². The maximum absolute atomic E-state index is 13.3. The molecule has 2 N–H and O–H groups in total. The lowest BCUT2D eigenvalue weighted by Crippen LogP contribution is -2.43. The monoisotopic (exact) mass is 501 g/mol. The van der Waals surface area contributed by atoms with Crippen molar-refractivity contribution in [2.75, 3.05) is 25.5 Å². The number of benzene rings is 3. The lowest BCUT2D eigenvalue weighted by Gasteiger charge is -2.31. The molecule has 0 aliphatic carbocycles. The van der Waals surface area contributed by atoms with Crippen LogP contribution in [0.3, 0.4) is 0 Å². The average molecular weight is 502 g/mol. The quantitative estimate of drug-likeness (QED) is 0.539. The minimum absolute atomic E-state index is 0.0417. The SMILES string of the molecule is CNS(=O)(=O)c1ccc(C)c(NC(=O)[C@@H]2CCCN(S(=O)(=O)c3ccc4ccccc4c3)C2)c1. The van der Waals surface area contributed by atoms with Crippen LogP contribution in [0.1, 0.15) is 18.4 Å². The van der Waals surface area contributed by atoms with Crippen molar-refractivity contribution in [2.24, 2.45) is 5.92 Å². The third kappa shape index (κ3) is 4.85. The van der Waals surface area contributed by atoms with Crippen molar-refractivity contribution in [1.82, 2.24) is 9.03 Å². The zero-order valence-electron chi connectivity index (χ0n) is 19.0. The smallest absolute Gasteiger partial charge is 0.243 e. The Balaban J connectivity index is 1.53. The summed E-state index contributed by atoms with van der Waals surface area (Å²) in [6.45, 7) is 2.17. The lowest BCUT2D eigenvalue weighted by atomic mass is 9.98. The molecular formula is C24H27N3O5S2. The maximum atomic E-state index is 13.3. The van der Waals surface area contributed by atoms with Crippen LogP contribution >= 0.6 is 0 Å². The molecule has 180 valence electrons. The van der Waals surface area contributed by atoms with Crippen molar-refractivity contribution >= 4 is 42.4 Å². The van der Waals surface area contributed by atoms with Gasteiger partial charge in [0.15, 0.2) is 0 Å². The van der Waals surface area contributed by atoms with Crippen LogP contribution in [-0.4, -0.2) is 47.2 Å². The molecule has 0 aromatic heterocycles. The van der Waals surface area contributed by atoms with E-state index in [1.165, 1.54) is 23.5 Å². The van der Waals surface area contributed by atoms with E-state index in [2.05, 4.69) is 10.0 Å². The molecule has 4 rings (SSSR count). The highest BCUT2D eigenvalue weighted by Crippen LogP contribution is 2.28. The zero-order valence-corrected chi connectivity index (χ0v) is 20.6. The second-order valence-corrected chi connectivity index (χ2v) is 12.2. The number of carbonyl (C=O) groups is 1. The van der Waals surface area contributed by atoms with Crippen molar-refractivity contribution < 1.29 is 21.6 Å².